The standard InChI is InChI=1S/C9H10ClN3/c1-6-12-9(10)8-4-3-7(11-2)5-13(6)8/h3-5,11H,1-2H3. The number of hydrogen-bond donors (Lipinski definition) is 1. The van der Waals surface area contributed by atoms with Gasteiger partial charge in [-0.1, -0.05) is 11.6 Å². The highest BCUT2D eigenvalue weighted by Gasteiger charge is 2.04. The molecule has 0 aliphatic carbocycles. The zero-order valence-electron chi connectivity index (χ0n) is 7.50. The minimum atomic E-state index is 0.556. The molecular formula is C9H10ClN3. The molecule has 0 fully saturated rings. The van der Waals surface area contributed by atoms with Crippen molar-refractivity contribution in [2.45, 2.75) is 6.92 Å². The summed E-state index contributed by atoms with van der Waals surface area (Å²) in [7, 11) is 1.88. The Morgan fingerprint density at radius 1 is 1.46 bits per heavy atom. The average molecular weight is 196 g/mol. The number of aromatic nitrogens is 2. The van der Waals surface area contributed by atoms with Gasteiger partial charge in [-0.25, -0.2) is 4.98 Å². The van der Waals surface area contributed by atoms with Gasteiger partial charge < -0.3 is 9.72 Å². The average Bonchev–Trinajstić information content (AvgIpc) is 2.42. The van der Waals surface area contributed by atoms with E-state index >= 15 is 0 Å². The first-order chi connectivity index (χ1) is 6.22. The molecule has 0 aliphatic rings. The molecule has 0 aromatic carbocycles. The Hall–Kier alpha value is -1.22. The summed E-state index contributed by atoms with van der Waals surface area (Å²) in [5, 5.41) is 3.62. The SMILES string of the molecule is CNc1ccc2c(Cl)nc(C)n2c1. The van der Waals surface area contributed by atoms with Crippen molar-refractivity contribution in [3.05, 3.63) is 29.3 Å². The molecule has 0 saturated heterocycles. The molecule has 3 nitrogen and oxygen atoms in total. The summed E-state index contributed by atoms with van der Waals surface area (Å²) in [4.78, 5) is 4.17. The smallest absolute Gasteiger partial charge is 0.155 e. The highest BCUT2D eigenvalue weighted by atomic mass is 35.5. The van der Waals surface area contributed by atoms with Gasteiger partial charge >= 0.3 is 0 Å². The molecule has 2 aromatic rings. The number of halogens is 1. The van der Waals surface area contributed by atoms with Crippen LogP contribution < -0.4 is 5.32 Å². The molecular weight excluding hydrogens is 186 g/mol. The van der Waals surface area contributed by atoms with Gasteiger partial charge in [0.1, 0.15) is 5.82 Å². The van der Waals surface area contributed by atoms with Gasteiger partial charge in [-0.05, 0) is 19.1 Å². The quantitative estimate of drug-likeness (QED) is 0.757. The first-order valence-corrected chi connectivity index (χ1v) is 4.42. The van der Waals surface area contributed by atoms with E-state index in [1.165, 1.54) is 0 Å². The van der Waals surface area contributed by atoms with Gasteiger partial charge in [-0.3, -0.25) is 0 Å². The second-order valence-corrected chi connectivity index (χ2v) is 3.23. The zero-order valence-corrected chi connectivity index (χ0v) is 8.26. The Kier molecular flexibility index (Phi) is 1.88. The van der Waals surface area contributed by atoms with E-state index in [1.807, 2.05) is 36.7 Å². The van der Waals surface area contributed by atoms with Crippen molar-refractivity contribution in [1.82, 2.24) is 9.38 Å². The highest BCUT2D eigenvalue weighted by Crippen LogP contribution is 2.19. The van der Waals surface area contributed by atoms with Crippen LogP contribution in [-0.2, 0) is 0 Å². The van der Waals surface area contributed by atoms with E-state index in [0.717, 1.165) is 17.0 Å². The Balaban J connectivity index is 2.76. The van der Waals surface area contributed by atoms with E-state index in [-0.39, 0.29) is 0 Å². The maximum absolute atomic E-state index is 5.92. The molecule has 0 saturated carbocycles. The summed E-state index contributed by atoms with van der Waals surface area (Å²) in [5.74, 6) is 0.900. The van der Waals surface area contributed by atoms with Crippen molar-refractivity contribution in [1.29, 1.82) is 0 Å². The number of nitrogens with zero attached hydrogens (tertiary/aromatic N) is 2. The van der Waals surface area contributed by atoms with Gasteiger partial charge in [-0.2, -0.15) is 0 Å². The summed E-state index contributed by atoms with van der Waals surface area (Å²) in [5.41, 5.74) is 1.99. The minimum Gasteiger partial charge on any atom is -0.387 e. The lowest BCUT2D eigenvalue weighted by atomic mass is 10.4. The lowest BCUT2D eigenvalue weighted by molar-refractivity contribution is 1.04. The summed E-state index contributed by atoms with van der Waals surface area (Å²) < 4.78 is 1.97. The van der Waals surface area contributed by atoms with Gasteiger partial charge in [0.05, 0.1) is 11.2 Å². The monoisotopic (exact) mass is 195 g/mol. The second kappa shape index (κ2) is 2.92. The molecule has 0 atom stereocenters. The Bertz CT molecular complexity index is 447. The molecule has 2 rings (SSSR count). The largest absolute Gasteiger partial charge is 0.387 e. The summed E-state index contributed by atoms with van der Waals surface area (Å²) >= 11 is 5.92. The molecule has 2 aromatic heterocycles. The van der Waals surface area contributed by atoms with E-state index in [2.05, 4.69) is 10.3 Å². The van der Waals surface area contributed by atoms with Gasteiger partial charge in [0.25, 0.3) is 0 Å². The van der Waals surface area contributed by atoms with Crippen LogP contribution in [0.25, 0.3) is 5.52 Å². The van der Waals surface area contributed by atoms with Crippen molar-refractivity contribution < 1.29 is 0 Å². The van der Waals surface area contributed by atoms with Crippen LogP contribution in [0.15, 0.2) is 18.3 Å². The van der Waals surface area contributed by atoms with Crippen molar-refractivity contribution >= 4 is 22.8 Å². The lowest BCUT2D eigenvalue weighted by Crippen LogP contribution is -1.92. The van der Waals surface area contributed by atoms with Crippen molar-refractivity contribution in [3.8, 4) is 0 Å². The van der Waals surface area contributed by atoms with Gasteiger partial charge in [0.15, 0.2) is 5.15 Å². The Morgan fingerprint density at radius 2 is 2.23 bits per heavy atom. The number of imidazole rings is 1. The van der Waals surface area contributed by atoms with Crippen LogP contribution in [0.2, 0.25) is 5.15 Å². The van der Waals surface area contributed by atoms with E-state index in [1.54, 1.807) is 0 Å². The van der Waals surface area contributed by atoms with Crippen LogP contribution in [0, 0.1) is 6.92 Å². The van der Waals surface area contributed by atoms with Crippen LogP contribution in [0.1, 0.15) is 5.82 Å². The summed E-state index contributed by atoms with van der Waals surface area (Å²) in [6.45, 7) is 1.93. The van der Waals surface area contributed by atoms with Crippen molar-refractivity contribution in [2.75, 3.05) is 12.4 Å². The van der Waals surface area contributed by atoms with Gasteiger partial charge in [0, 0.05) is 13.2 Å². The van der Waals surface area contributed by atoms with E-state index < -0.39 is 0 Å². The second-order valence-electron chi connectivity index (χ2n) is 2.87. The zero-order chi connectivity index (χ0) is 9.42. The van der Waals surface area contributed by atoms with Gasteiger partial charge in [0.2, 0.25) is 0 Å². The first-order valence-electron chi connectivity index (χ1n) is 4.04. The van der Waals surface area contributed by atoms with E-state index in [0.29, 0.717) is 5.15 Å². The molecule has 4 heteroatoms. The number of nitrogens with one attached hydrogen (secondary N) is 1. The number of pyridine rings is 1. The normalized spacial score (nSPS) is 10.7. The molecule has 0 radical (unpaired) electrons. The summed E-state index contributed by atoms with van der Waals surface area (Å²) in [6.07, 6.45) is 1.98. The van der Waals surface area contributed by atoms with Crippen LogP contribution in [0.3, 0.4) is 0 Å². The molecule has 0 bridgehead atoms. The number of aryl methyl sites for hydroxylation is 1. The fourth-order valence-corrected chi connectivity index (χ4v) is 1.61. The Morgan fingerprint density at radius 3 is 2.92 bits per heavy atom. The number of anilines is 1. The third-order valence-corrected chi connectivity index (χ3v) is 2.34. The predicted molar refractivity (Wildman–Crippen MR) is 54.5 cm³/mol. The van der Waals surface area contributed by atoms with Crippen LogP contribution >= 0.6 is 11.6 Å². The fourth-order valence-electron chi connectivity index (χ4n) is 1.34. The predicted octanol–water partition coefficient (Wildman–Crippen LogP) is 2.34. The third kappa shape index (κ3) is 1.25. The molecule has 13 heavy (non-hydrogen) atoms. The van der Waals surface area contributed by atoms with E-state index in [4.69, 9.17) is 11.6 Å². The maximum atomic E-state index is 5.92. The molecule has 0 spiro atoms. The first kappa shape index (κ1) is 8.38. The molecule has 0 aliphatic heterocycles. The number of hydrogen-bond acceptors (Lipinski definition) is 2. The maximum Gasteiger partial charge on any atom is 0.155 e. The fraction of sp³-hybridized carbons (Fsp3) is 0.222. The van der Waals surface area contributed by atoms with E-state index in [9.17, 15) is 0 Å². The number of fused-ring (bicyclic) bond motifs is 1. The molecule has 1 N–H and O–H groups in total. The topological polar surface area (TPSA) is 29.3 Å². The highest BCUT2D eigenvalue weighted by molar-refractivity contribution is 6.32. The van der Waals surface area contributed by atoms with Gasteiger partial charge in [-0.15, -0.1) is 0 Å². The Labute approximate surface area is 81.4 Å². The van der Waals surface area contributed by atoms with Crippen LogP contribution in [0.4, 0.5) is 5.69 Å². The molecule has 68 valence electrons. The molecule has 0 unspecified atom stereocenters. The number of rotatable bonds is 1. The third-order valence-electron chi connectivity index (χ3n) is 2.06. The molecule has 0 amide bonds. The van der Waals surface area contributed by atoms with Crippen LogP contribution in [-0.4, -0.2) is 16.4 Å². The molecule has 2 heterocycles. The van der Waals surface area contributed by atoms with Crippen molar-refractivity contribution in [3.63, 3.8) is 0 Å². The minimum absolute atomic E-state index is 0.556. The van der Waals surface area contributed by atoms with Crippen LogP contribution in [0.5, 0.6) is 0 Å². The lowest BCUT2D eigenvalue weighted by Gasteiger charge is -2.01. The summed E-state index contributed by atoms with van der Waals surface area (Å²) in [6, 6.07) is 3.93. The van der Waals surface area contributed by atoms with Crippen molar-refractivity contribution in [2.24, 2.45) is 0 Å².